The fraction of sp³-hybridized carbons (Fsp3) is 0.250. The maximum Gasteiger partial charge on any atom is 0.339 e. The van der Waals surface area contributed by atoms with Crippen molar-refractivity contribution in [3.63, 3.8) is 0 Å². The van der Waals surface area contributed by atoms with Gasteiger partial charge in [0.05, 0.1) is 10.9 Å². The first-order valence-electron chi connectivity index (χ1n) is 7.23. The third kappa shape index (κ3) is 3.39. The largest absolute Gasteiger partial charge is 0.507 e. The second-order valence-electron chi connectivity index (χ2n) is 5.22. The molecule has 0 saturated carbocycles. The summed E-state index contributed by atoms with van der Waals surface area (Å²) < 4.78 is 26.8. The van der Waals surface area contributed by atoms with Crippen LogP contribution >= 0.6 is 0 Å². The summed E-state index contributed by atoms with van der Waals surface area (Å²) in [6.07, 6.45) is 3.72. The number of carboxylic acids is 1. The monoisotopic (exact) mass is 350 g/mol. The molecule has 0 fully saturated rings. The van der Waals surface area contributed by atoms with Crippen LogP contribution < -0.4 is 0 Å². The molecule has 0 radical (unpaired) electrons. The smallest absolute Gasteiger partial charge is 0.339 e. The van der Waals surface area contributed by atoms with E-state index in [0.29, 0.717) is 6.42 Å². The predicted octanol–water partition coefficient (Wildman–Crippen LogP) is 2.26. The molecule has 0 saturated heterocycles. The highest BCUT2D eigenvalue weighted by Crippen LogP contribution is 2.30. The van der Waals surface area contributed by atoms with Crippen molar-refractivity contribution < 1.29 is 23.4 Å². The third-order valence-electron chi connectivity index (χ3n) is 3.77. The Morgan fingerprint density at radius 3 is 2.58 bits per heavy atom. The van der Waals surface area contributed by atoms with Crippen LogP contribution in [0.15, 0.2) is 47.6 Å². The Labute approximate surface area is 140 Å². The average molecular weight is 350 g/mol. The van der Waals surface area contributed by atoms with Crippen molar-refractivity contribution in [2.45, 2.75) is 24.3 Å². The number of aromatic carboxylic acids is 1. The molecule has 0 amide bonds. The molecule has 1 heterocycles. The second-order valence-corrected chi connectivity index (χ2v) is 7.21. The number of hydrogen-bond acceptors (Lipinski definition) is 5. The van der Waals surface area contributed by atoms with Crippen LogP contribution in [-0.2, 0) is 10.0 Å². The number of sulfonamides is 1. The summed E-state index contributed by atoms with van der Waals surface area (Å²) in [5.74, 6) is -1.88. The molecule has 24 heavy (non-hydrogen) atoms. The summed E-state index contributed by atoms with van der Waals surface area (Å²) in [5.41, 5.74) is 0.280. The molecule has 1 atom stereocenters. The van der Waals surface area contributed by atoms with E-state index in [1.807, 2.05) is 6.92 Å². The zero-order chi connectivity index (χ0) is 17.9. The van der Waals surface area contributed by atoms with Crippen LogP contribution in [0.2, 0.25) is 0 Å². The van der Waals surface area contributed by atoms with E-state index in [1.54, 1.807) is 24.5 Å². The number of benzene rings is 1. The summed E-state index contributed by atoms with van der Waals surface area (Å²) in [6, 6.07) is 6.28. The molecule has 1 aromatic heterocycles. The highest BCUT2D eigenvalue weighted by molar-refractivity contribution is 7.89. The maximum absolute atomic E-state index is 12.8. The summed E-state index contributed by atoms with van der Waals surface area (Å²) >= 11 is 0. The zero-order valence-electron chi connectivity index (χ0n) is 13.2. The van der Waals surface area contributed by atoms with Crippen molar-refractivity contribution in [1.29, 1.82) is 0 Å². The lowest BCUT2D eigenvalue weighted by atomic mass is 10.1. The molecule has 128 valence electrons. The van der Waals surface area contributed by atoms with Gasteiger partial charge in [0.1, 0.15) is 11.3 Å². The van der Waals surface area contributed by atoms with Crippen LogP contribution in [0.1, 0.15) is 35.3 Å². The van der Waals surface area contributed by atoms with Gasteiger partial charge in [-0.1, -0.05) is 13.0 Å². The van der Waals surface area contributed by atoms with Gasteiger partial charge in [-0.2, -0.15) is 4.31 Å². The zero-order valence-corrected chi connectivity index (χ0v) is 14.1. The Balaban J connectivity index is 2.46. The molecule has 0 aliphatic heterocycles. The molecular formula is C16H18N2O5S. The van der Waals surface area contributed by atoms with Crippen LogP contribution in [0.5, 0.6) is 5.75 Å². The molecule has 7 nitrogen and oxygen atoms in total. The van der Waals surface area contributed by atoms with E-state index >= 15 is 0 Å². The Hall–Kier alpha value is -2.45. The van der Waals surface area contributed by atoms with Gasteiger partial charge in [-0.25, -0.2) is 13.2 Å². The first kappa shape index (κ1) is 17.9. The molecule has 0 aliphatic carbocycles. The Kier molecular flexibility index (Phi) is 5.20. The first-order valence-corrected chi connectivity index (χ1v) is 8.67. The van der Waals surface area contributed by atoms with Crippen LogP contribution in [-0.4, -0.2) is 40.9 Å². The molecule has 0 aliphatic rings. The summed E-state index contributed by atoms with van der Waals surface area (Å²) in [5, 5.41) is 18.6. The molecule has 0 spiro atoms. The van der Waals surface area contributed by atoms with Gasteiger partial charge in [0.2, 0.25) is 10.0 Å². The second kappa shape index (κ2) is 6.98. The number of carboxylic acid groups (broad SMARTS) is 1. The molecule has 2 rings (SSSR count). The lowest BCUT2D eigenvalue weighted by Crippen LogP contribution is -2.31. The van der Waals surface area contributed by atoms with E-state index in [4.69, 9.17) is 5.11 Å². The number of carbonyl (C=O) groups is 1. The van der Waals surface area contributed by atoms with Crippen molar-refractivity contribution in [2.75, 3.05) is 7.05 Å². The number of phenols is 1. The number of aromatic hydroxyl groups is 1. The summed E-state index contributed by atoms with van der Waals surface area (Å²) in [6.45, 7) is 1.85. The minimum Gasteiger partial charge on any atom is -0.507 e. The Morgan fingerprint density at radius 2 is 2.04 bits per heavy atom. The molecule has 1 unspecified atom stereocenters. The number of aromatic nitrogens is 1. The fourth-order valence-electron chi connectivity index (χ4n) is 2.46. The van der Waals surface area contributed by atoms with Gasteiger partial charge in [0, 0.05) is 19.4 Å². The number of rotatable bonds is 6. The van der Waals surface area contributed by atoms with Gasteiger partial charge >= 0.3 is 5.97 Å². The van der Waals surface area contributed by atoms with E-state index in [-0.39, 0.29) is 4.90 Å². The van der Waals surface area contributed by atoms with Crippen LogP contribution in [0, 0.1) is 0 Å². The van der Waals surface area contributed by atoms with E-state index in [2.05, 4.69) is 4.98 Å². The molecule has 8 heteroatoms. The quantitative estimate of drug-likeness (QED) is 0.827. The number of nitrogens with zero attached hydrogens (tertiary/aromatic N) is 2. The van der Waals surface area contributed by atoms with Gasteiger partial charge in [-0.05, 0) is 36.2 Å². The maximum atomic E-state index is 12.8. The third-order valence-corrected chi connectivity index (χ3v) is 5.63. The van der Waals surface area contributed by atoms with Crippen molar-refractivity contribution in [1.82, 2.24) is 9.29 Å². The minimum atomic E-state index is -3.94. The van der Waals surface area contributed by atoms with E-state index < -0.39 is 33.3 Å². The van der Waals surface area contributed by atoms with Gasteiger partial charge in [-0.3, -0.25) is 4.98 Å². The van der Waals surface area contributed by atoms with Crippen LogP contribution in [0.25, 0.3) is 0 Å². The predicted molar refractivity (Wildman–Crippen MR) is 87.3 cm³/mol. The van der Waals surface area contributed by atoms with Crippen LogP contribution in [0.4, 0.5) is 0 Å². The lowest BCUT2D eigenvalue weighted by Gasteiger charge is -2.26. The highest BCUT2D eigenvalue weighted by atomic mass is 32.2. The van der Waals surface area contributed by atoms with E-state index in [9.17, 15) is 18.3 Å². The molecular weight excluding hydrogens is 332 g/mol. The molecule has 0 bridgehead atoms. The number of pyridine rings is 1. The van der Waals surface area contributed by atoms with E-state index in [0.717, 1.165) is 17.7 Å². The van der Waals surface area contributed by atoms with Gasteiger partial charge in [0.15, 0.2) is 0 Å². The van der Waals surface area contributed by atoms with Gasteiger partial charge in [-0.15, -0.1) is 0 Å². The van der Waals surface area contributed by atoms with Gasteiger partial charge < -0.3 is 10.2 Å². The molecule has 1 aromatic carbocycles. The lowest BCUT2D eigenvalue weighted by molar-refractivity contribution is 0.0693. The standard InChI is InChI=1S/C16H18N2O5S/c1-3-14(11-5-4-8-17-10-11)18(2)24(22,23)12-6-7-15(19)13(9-12)16(20)21/h4-10,14,19H,3H2,1-2H3,(H,20,21). The topological polar surface area (TPSA) is 108 Å². The normalized spacial score (nSPS) is 13.0. The van der Waals surface area contributed by atoms with Crippen molar-refractivity contribution in [3.8, 4) is 5.75 Å². The first-order chi connectivity index (χ1) is 11.3. The summed E-state index contributed by atoms with van der Waals surface area (Å²) in [7, 11) is -2.51. The minimum absolute atomic E-state index is 0.192. The number of hydrogen-bond donors (Lipinski definition) is 2. The highest BCUT2D eigenvalue weighted by Gasteiger charge is 2.29. The Bertz CT molecular complexity index is 837. The molecule has 2 aromatic rings. The van der Waals surface area contributed by atoms with Crippen molar-refractivity contribution in [3.05, 3.63) is 53.9 Å². The average Bonchev–Trinajstić information content (AvgIpc) is 2.56. The van der Waals surface area contributed by atoms with Crippen LogP contribution in [0.3, 0.4) is 0 Å². The van der Waals surface area contributed by atoms with Crippen molar-refractivity contribution >= 4 is 16.0 Å². The SMILES string of the molecule is CCC(c1cccnc1)N(C)S(=O)(=O)c1ccc(O)c(C(=O)O)c1. The van der Waals surface area contributed by atoms with Crippen molar-refractivity contribution in [2.24, 2.45) is 0 Å². The van der Waals surface area contributed by atoms with Gasteiger partial charge in [0.25, 0.3) is 0 Å². The summed E-state index contributed by atoms with van der Waals surface area (Å²) in [4.78, 5) is 14.9. The Morgan fingerprint density at radius 1 is 1.33 bits per heavy atom. The molecule has 2 N–H and O–H groups in total. The van der Waals surface area contributed by atoms with E-state index in [1.165, 1.54) is 17.4 Å². The fourth-order valence-corrected chi connectivity index (χ4v) is 3.90.